The van der Waals surface area contributed by atoms with Crippen molar-refractivity contribution in [3.63, 3.8) is 0 Å². The zero-order valence-electron chi connectivity index (χ0n) is 9.71. The Morgan fingerprint density at radius 3 is 2.43 bits per heavy atom. The van der Waals surface area contributed by atoms with Crippen molar-refractivity contribution in [2.75, 3.05) is 6.61 Å². The summed E-state index contributed by atoms with van der Waals surface area (Å²) in [7, 11) is 0. The van der Waals surface area contributed by atoms with Gasteiger partial charge in [0.2, 0.25) is 0 Å². The Morgan fingerprint density at radius 1 is 1.43 bits per heavy atom. The van der Waals surface area contributed by atoms with Gasteiger partial charge in [0.25, 0.3) is 0 Å². The van der Waals surface area contributed by atoms with Crippen LogP contribution in [0.5, 0.6) is 0 Å². The smallest absolute Gasteiger partial charge is 0.0612 e. The highest BCUT2D eigenvalue weighted by molar-refractivity contribution is 4.88. The molecule has 0 bridgehead atoms. The number of hydrogen-bond acceptors (Lipinski definition) is 3. The van der Waals surface area contributed by atoms with Crippen LogP contribution in [-0.4, -0.2) is 35.5 Å². The van der Waals surface area contributed by atoms with Gasteiger partial charge in [0, 0.05) is 12.1 Å². The van der Waals surface area contributed by atoms with Crippen molar-refractivity contribution in [1.82, 2.24) is 5.32 Å². The minimum Gasteiger partial charge on any atom is -0.395 e. The monoisotopic (exact) mass is 201 g/mol. The predicted octanol–water partition coefficient (Wildman–Crippen LogP) is 1.30. The molecule has 2 N–H and O–H groups in total. The summed E-state index contributed by atoms with van der Waals surface area (Å²) in [5.74, 6) is 0. The molecule has 0 spiro atoms. The first-order valence-electron chi connectivity index (χ1n) is 5.45. The lowest BCUT2D eigenvalue weighted by Crippen LogP contribution is -2.51. The summed E-state index contributed by atoms with van der Waals surface area (Å²) in [6.45, 7) is 8.47. The van der Waals surface area contributed by atoms with E-state index in [-0.39, 0.29) is 18.2 Å². The Kier molecular flexibility index (Phi) is 3.93. The minimum absolute atomic E-state index is 0.0295. The van der Waals surface area contributed by atoms with Crippen LogP contribution < -0.4 is 5.32 Å². The zero-order valence-corrected chi connectivity index (χ0v) is 9.71. The molecule has 0 amide bonds. The second kappa shape index (κ2) is 4.60. The third-order valence-corrected chi connectivity index (χ3v) is 2.41. The van der Waals surface area contributed by atoms with Crippen LogP contribution in [0.15, 0.2) is 0 Å². The molecule has 0 unspecified atom stereocenters. The van der Waals surface area contributed by atoms with Crippen LogP contribution in [-0.2, 0) is 4.74 Å². The van der Waals surface area contributed by atoms with Crippen molar-refractivity contribution in [3.05, 3.63) is 0 Å². The average molecular weight is 201 g/mol. The fourth-order valence-electron chi connectivity index (χ4n) is 1.75. The highest BCUT2D eigenvalue weighted by Crippen LogP contribution is 2.27. The molecule has 0 radical (unpaired) electrons. The summed E-state index contributed by atoms with van der Waals surface area (Å²) in [4.78, 5) is 0. The molecule has 1 aliphatic rings. The number of aliphatic hydroxyl groups excluding tert-OH is 1. The molecule has 0 aromatic heterocycles. The molecule has 84 valence electrons. The maximum absolute atomic E-state index is 8.86. The molecule has 1 rings (SSSR count). The first kappa shape index (κ1) is 12.0. The molecule has 0 aliphatic heterocycles. The topological polar surface area (TPSA) is 41.5 Å². The maximum Gasteiger partial charge on any atom is 0.0612 e. The summed E-state index contributed by atoms with van der Waals surface area (Å²) < 4.78 is 5.82. The standard InChI is InChI=1S/C11H23NO2/c1-8(7-13)12-9-5-10(6-9)14-11(2,3)4/h8-10,12-13H,5-7H2,1-4H3/t8-,9?,10?/m1/s1. The molecule has 1 fully saturated rings. The second-order valence-electron chi connectivity index (χ2n) is 5.27. The third-order valence-electron chi connectivity index (χ3n) is 2.41. The Hall–Kier alpha value is -0.120. The number of aliphatic hydroxyl groups is 1. The van der Waals surface area contributed by atoms with Gasteiger partial charge in [0.15, 0.2) is 0 Å². The van der Waals surface area contributed by atoms with Crippen LogP contribution in [0.25, 0.3) is 0 Å². The highest BCUT2D eigenvalue weighted by Gasteiger charge is 2.33. The summed E-state index contributed by atoms with van der Waals surface area (Å²) >= 11 is 0. The minimum atomic E-state index is -0.0295. The van der Waals surface area contributed by atoms with E-state index in [0.717, 1.165) is 12.8 Å². The molecule has 1 saturated carbocycles. The second-order valence-corrected chi connectivity index (χ2v) is 5.27. The predicted molar refractivity (Wildman–Crippen MR) is 57.3 cm³/mol. The molecule has 3 heteroatoms. The number of nitrogens with one attached hydrogen (secondary N) is 1. The quantitative estimate of drug-likeness (QED) is 0.720. The van der Waals surface area contributed by atoms with Crippen molar-refractivity contribution >= 4 is 0 Å². The Labute approximate surface area is 86.8 Å². The zero-order chi connectivity index (χ0) is 10.8. The van der Waals surface area contributed by atoms with E-state index in [1.54, 1.807) is 0 Å². The molecule has 0 heterocycles. The fourth-order valence-corrected chi connectivity index (χ4v) is 1.75. The van der Waals surface area contributed by atoms with E-state index >= 15 is 0 Å². The average Bonchev–Trinajstić information content (AvgIpc) is 1.97. The van der Waals surface area contributed by atoms with Crippen LogP contribution in [0.2, 0.25) is 0 Å². The van der Waals surface area contributed by atoms with Crippen LogP contribution in [0.1, 0.15) is 40.5 Å². The van der Waals surface area contributed by atoms with Gasteiger partial charge >= 0.3 is 0 Å². The summed E-state index contributed by atoms with van der Waals surface area (Å²) in [6, 6.07) is 0.736. The van der Waals surface area contributed by atoms with Gasteiger partial charge in [-0.25, -0.2) is 0 Å². The number of rotatable bonds is 4. The first-order valence-corrected chi connectivity index (χ1v) is 5.45. The molecule has 1 aliphatic carbocycles. The largest absolute Gasteiger partial charge is 0.395 e. The number of hydrogen-bond donors (Lipinski definition) is 2. The van der Waals surface area contributed by atoms with Gasteiger partial charge in [-0.05, 0) is 40.5 Å². The van der Waals surface area contributed by atoms with Crippen molar-refractivity contribution in [3.8, 4) is 0 Å². The van der Waals surface area contributed by atoms with Gasteiger partial charge in [0.1, 0.15) is 0 Å². The van der Waals surface area contributed by atoms with Crippen molar-refractivity contribution in [1.29, 1.82) is 0 Å². The Morgan fingerprint density at radius 2 is 2.00 bits per heavy atom. The van der Waals surface area contributed by atoms with Gasteiger partial charge in [-0.1, -0.05) is 0 Å². The summed E-state index contributed by atoms with van der Waals surface area (Å²) in [6.07, 6.45) is 2.54. The lowest BCUT2D eigenvalue weighted by atomic mass is 9.88. The maximum atomic E-state index is 8.86. The van der Waals surface area contributed by atoms with Crippen LogP contribution in [0.4, 0.5) is 0 Å². The molecule has 3 nitrogen and oxygen atoms in total. The third kappa shape index (κ3) is 3.95. The molecule has 0 saturated heterocycles. The normalized spacial score (nSPS) is 29.8. The molecule has 0 aromatic rings. The van der Waals surface area contributed by atoms with Crippen molar-refractivity contribution < 1.29 is 9.84 Å². The SMILES string of the molecule is C[C@H](CO)NC1CC(OC(C)(C)C)C1. The number of ether oxygens (including phenoxy) is 1. The van der Waals surface area contributed by atoms with Gasteiger partial charge in [-0.15, -0.1) is 0 Å². The lowest BCUT2D eigenvalue weighted by molar-refractivity contribution is -0.103. The van der Waals surface area contributed by atoms with Crippen LogP contribution in [0.3, 0.4) is 0 Å². The van der Waals surface area contributed by atoms with E-state index in [1.165, 1.54) is 0 Å². The highest BCUT2D eigenvalue weighted by atomic mass is 16.5. The van der Waals surface area contributed by atoms with Gasteiger partial charge in [-0.2, -0.15) is 0 Å². The summed E-state index contributed by atoms with van der Waals surface area (Å²) in [5.41, 5.74) is -0.0295. The molecular weight excluding hydrogens is 178 g/mol. The van der Waals surface area contributed by atoms with Gasteiger partial charge in [0.05, 0.1) is 18.3 Å². The van der Waals surface area contributed by atoms with E-state index in [4.69, 9.17) is 9.84 Å². The van der Waals surface area contributed by atoms with Crippen LogP contribution >= 0.6 is 0 Å². The van der Waals surface area contributed by atoms with Crippen LogP contribution in [0, 0.1) is 0 Å². The van der Waals surface area contributed by atoms with E-state index in [1.807, 2.05) is 6.92 Å². The lowest BCUT2D eigenvalue weighted by Gasteiger charge is -2.40. The van der Waals surface area contributed by atoms with Gasteiger partial charge in [-0.3, -0.25) is 0 Å². The molecule has 14 heavy (non-hydrogen) atoms. The van der Waals surface area contributed by atoms with Crippen molar-refractivity contribution in [2.24, 2.45) is 0 Å². The Balaban J connectivity index is 2.12. The van der Waals surface area contributed by atoms with E-state index in [9.17, 15) is 0 Å². The van der Waals surface area contributed by atoms with E-state index in [0.29, 0.717) is 12.1 Å². The van der Waals surface area contributed by atoms with Crippen molar-refractivity contribution in [2.45, 2.75) is 64.3 Å². The van der Waals surface area contributed by atoms with E-state index in [2.05, 4.69) is 26.1 Å². The summed E-state index contributed by atoms with van der Waals surface area (Å²) in [5, 5.41) is 12.2. The van der Waals surface area contributed by atoms with Gasteiger partial charge < -0.3 is 15.2 Å². The Bertz CT molecular complexity index is 171. The molecular formula is C11H23NO2. The first-order chi connectivity index (χ1) is 6.40. The fraction of sp³-hybridized carbons (Fsp3) is 1.00. The van der Waals surface area contributed by atoms with E-state index < -0.39 is 0 Å². The molecule has 0 aromatic carbocycles. The molecule has 1 atom stereocenters.